The number of nitrogens with zero attached hydrogens (tertiary/aromatic N) is 2. The van der Waals surface area contributed by atoms with Crippen molar-refractivity contribution in [3.63, 3.8) is 0 Å². The van der Waals surface area contributed by atoms with E-state index in [4.69, 9.17) is 14.0 Å². The summed E-state index contributed by atoms with van der Waals surface area (Å²) in [5.74, 6) is 1.74. The lowest BCUT2D eigenvalue weighted by atomic mass is 9.84. The highest BCUT2D eigenvalue weighted by molar-refractivity contribution is 5.94. The number of hydrogen-bond acceptors (Lipinski definition) is 6. The maximum absolute atomic E-state index is 12.5. The molecular formula is C18H21N3O4. The van der Waals surface area contributed by atoms with Crippen molar-refractivity contribution < 1.29 is 18.8 Å². The zero-order valence-corrected chi connectivity index (χ0v) is 14.1. The fourth-order valence-electron chi connectivity index (χ4n) is 3.56. The van der Waals surface area contributed by atoms with Crippen LogP contribution in [0.5, 0.6) is 17.6 Å². The molecule has 2 aromatic rings. The van der Waals surface area contributed by atoms with Crippen molar-refractivity contribution >= 4 is 5.91 Å². The molecule has 3 saturated heterocycles. The van der Waals surface area contributed by atoms with Crippen molar-refractivity contribution in [2.75, 3.05) is 26.7 Å². The number of piperidine rings is 3. The molecule has 1 aromatic heterocycles. The minimum absolute atomic E-state index is 0.0339. The second kappa shape index (κ2) is 6.76. The molecule has 0 aliphatic carbocycles. The average molecular weight is 343 g/mol. The zero-order chi connectivity index (χ0) is 17.2. The SMILES string of the molecule is COc1cc(Oc2ccc(C(=O)NC3CN4CCC3CC4)cc2)no1. The van der Waals surface area contributed by atoms with E-state index in [0.717, 1.165) is 19.6 Å². The quantitative estimate of drug-likeness (QED) is 0.898. The molecule has 1 N–H and O–H groups in total. The van der Waals surface area contributed by atoms with Crippen LogP contribution in [0.15, 0.2) is 34.9 Å². The largest absolute Gasteiger partial charge is 0.467 e. The summed E-state index contributed by atoms with van der Waals surface area (Å²) in [7, 11) is 1.49. The second-order valence-corrected chi connectivity index (χ2v) is 6.53. The van der Waals surface area contributed by atoms with Crippen molar-refractivity contribution in [3.8, 4) is 17.6 Å². The van der Waals surface area contributed by atoms with Gasteiger partial charge >= 0.3 is 5.95 Å². The Morgan fingerprint density at radius 2 is 2.04 bits per heavy atom. The van der Waals surface area contributed by atoms with Crippen LogP contribution < -0.4 is 14.8 Å². The van der Waals surface area contributed by atoms with Crippen LogP contribution in [0.4, 0.5) is 0 Å². The molecule has 5 rings (SSSR count). The molecule has 7 nitrogen and oxygen atoms in total. The molecule has 25 heavy (non-hydrogen) atoms. The Balaban J connectivity index is 1.37. The first-order chi connectivity index (χ1) is 12.2. The zero-order valence-electron chi connectivity index (χ0n) is 14.1. The van der Waals surface area contributed by atoms with Gasteiger partial charge in [0.25, 0.3) is 11.8 Å². The Morgan fingerprint density at radius 1 is 1.28 bits per heavy atom. The number of hydrogen-bond donors (Lipinski definition) is 1. The number of methoxy groups -OCH3 is 1. The number of carbonyl (C=O) groups excluding carboxylic acids is 1. The number of rotatable bonds is 5. The molecule has 3 fully saturated rings. The van der Waals surface area contributed by atoms with Crippen molar-refractivity contribution in [2.24, 2.45) is 5.92 Å². The molecule has 1 amide bonds. The van der Waals surface area contributed by atoms with Crippen LogP contribution in [-0.4, -0.2) is 48.7 Å². The molecule has 7 heteroatoms. The summed E-state index contributed by atoms with van der Waals surface area (Å²) in [6.07, 6.45) is 2.36. The van der Waals surface area contributed by atoms with E-state index in [2.05, 4.69) is 15.4 Å². The second-order valence-electron chi connectivity index (χ2n) is 6.53. The van der Waals surface area contributed by atoms with E-state index in [1.165, 1.54) is 20.0 Å². The molecule has 2 bridgehead atoms. The third-order valence-corrected chi connectivity index (χ3v) is 4.98. The van der Waals surface area contributed by atoms with Gasteiger partial charge in [-0.15, -0.1) is 0 Å². The highest BCUT2D eigenvalue weighted by Gasteiger charge is 2.34. The number of benzene rings is 1. The fourth-order valence-corrected chi connectivity index (χ4v) is 3.56. The lowest BCUT2D eigenvalue weighted by Crippen LogP contribution is -2.57. The standard InChI is InChI=1S/C18H21N3O4/c1-23-17-10-16(20-25-17)24-14-4-2-13(3-5-14)18(22)19-15-11-21-8-6-12(15)7-9-21/h2-5,10,12,15H,6-9,11H2,1H3,(H,19,22). The minimum atomic E-state index is -0.0339. The number of carbonyl (C=O) groups is 1. The van der Waals surface area contributed by atoms with Gasteiger partial charge in [0, 0.05) is 18.2 Å². The fraction of sp³-hybridized carbons (Fsp3) is 0.444. The Hall–Kier alpha value is -2.54. The number of fused-ring (bicyclic) bond motifs is 3. The van der Waals surface area contributed by atoms with E-state index in [0.29, 0.717) is 23.1 Å². The third-order valence-electron chi connectivity index (χ3n) is 4.98. The number of aromatic nitrogens is 1. The summed E-state index contributed by atoms with van der Waals surface area (Å²) in [6, 6.07) is 8.80. The average Bonchev–Trinajstić information content (AvgIpc) is 3.11. The molecule has 0 radical (unpaired) electrons. The van der Waals surface area contributed by atoms with Gasteiger partial charge in [-0.3, -0.25) is 4.79 Å². The van der Waals surface area contributed by atoms with Crippen molar-refractivity contribution in [1.82, 2.24) is 15.4 Å². The summed E-state index contributed by atoms with van der Waals surface area (Å²) in [4.78, 5) is 14.9. The van der Waals surface area contributed by atoms with Crippen LogP contribution in [0.2, 0.25) is 0 Å². The van der Waals surface area contributed by atoms with Crippen LogP contribution in [-0.2, 0) is 0 Å². The Kier molecular flexibility index (Phi) is 4.31. The van der Waals surface area contributed by atoms with E-state index >= 15 is 0 Å². The van der Waals surface area contributed by atoms with Gasteiger partial charge in [0.05, 0.1) is 13.2 Å². The van der Waals surface area contributed by atoms with Gasteiger partial charge in [0.15, 0.2) is 0 Å². The monoisotopic (exact) mass is 343 g/mol. The molecule has 1 unspecified atom stereocenters. The number of ether oxygens (including phenoxy) is 2. The van der Waals surface area contributed by atoms with E-state index in [9.17, 15) is 4.79 Å². The summed E-state index contributed by atoms with van der Waals surface area (Å²) in [5, 5.41) is 6.91. The Bertz CT molecular complexity index is 735. The molecule has 3 aliphatic rings. The Labute approximate surface area is 145 Å². The molecule has 3 aliphatic heterocycles. The highest BCUT2D eigenvalue weighted by atomic mass is 16.6. The minimum Gasteiger partial charge on any atom is -0.467 e. The first kappa shape index (κ1) is 16.0. The van der Waals surface area contributed by atoms with Crippen molar-refractivity contribution in [1.29, 1.82) is 0 Å². The van der Waals surface area contributed by atoms with Gasteiger partial charge in [-0.2, -0.15) is 0 Å². The van der Waals surface area contributed by atoms with Gasteiger partial charge in [-0.1, -0.05) is 0 Å². The van der Waals surface area contributed by atoms with Crippen LogP contribution >= 0.6 is 0 Å². The van der Waals surface area contributed by atoms with E-state index in [1.54, 1.807) is 30.3 Å². The van der Waals surface area contributed by atoms with Gasteiger partial charge in [0.1, 0.15) is 5.75 Å². The highest BCUT2D eigenvalue weighted by Crippen LogP contribution is 2.28. The van der Waals surface area contributed by atoms with Crippen molar-refractivity contribution in [2.45, 2.75) is 18.9 Å². The predicted octanol–water partition coefficient (Wildman–Crippen LogP) is 2.30. The molecule has 132 valence electrons. The molecule has 4 heterocycles. The number of amides is 1. The third kappa shape index (κ3) is 3.46. The van der Waals surface area contributed by atoms with E-state index in [-0.39, 0.29) is 17.9 Å². The van der Waals surface area contributed by atoms with Crippen LogP contribution in [0, 0.1) is 5.92 Å². The predicted molar refractivity (Wildman–Crippen MR) is 90.0 cm³/mol. The van der Waals surface area contributed by atoms with E-state index < -0.39 is 0 Å². The molecular weight excluding hydrogens is 322 g/mol. The maximum Gasteiger partial charge on any atom is 0.314 e. The van der Waals surface area contributed by atoms with Crippen LogP contribution in [0.3, 0.4) is 0 Å². The molecule has 0 spiro atoms. The summed E-state index contributed by atoms with van der Waals surface area (Å²) in [5.41, 5.74) is 0.626. The van der Waals surface area contributed by atoms with Crippen molar-refractivity contribution in [3.05, 3.63) is 35.9 Å². The lowest BCUT2D eigenvalue weighted by Gasteiger charge is -2.44. The first-order valence-corrected chi connectivity index (χ1v) is 8.53. The topological polar surface area (TPSA) is 76.8 Å². The summed E-state index contributed by atoms with van der Waals surface area (Å²) < 4.78 is 15.4. The normalized spacial score (nSPS) is 24.8. The molecule has 0 saturated carbocycles. The first-order valence-electron chi connectivity index (χ1n) is 8.53. The maximum atomic E-state index is 12.5. The lowest BCUT2D eigenvalue weighted by molar-refractivity contribution is 0.0620. The number of nitrogens with one attached hydrogen (secondary N) is 1. The van der Waals surface area contributed by atoms with Gasteiger partial charge < -0.3 is 24.2 Å². The summed E-state index contributed by atoms with van der Waals surface area (Å²) in [6.45, 7) is 3.29. The van der Waals surface area contributed by atoms with Gasteiger partial charge in [-0.05, 0) is 61.3 Å². The van der Waals surface area contributed by atoms with Gasteiger partial charge in [0.2, 0.25) is 0 Å². The summed E-state index contributed by atoms with van der Waals surface area (Å²) >= 11 is 0. The van der Waals surface area contributed by atoms with Crippen LogP contribution in [0.25, 0.3) is 0 Å². The molecule has 1 aromatic carbocycles. The Morgan fingerprint density at radius 3 is 2.64 bits per heavy atom. The van der Waals surface area contributed by atoms with Crippen LogP contribution in [0.1, 0.15) is 23.2 Å². The molecule has 1 atom stereocenters. The van der Waals surface area contributed by atoms with E-state index in [1.807, 2.05) is 0 Å². The van der Waals surface area contributed by atoms with Gasteiger partial charge in [-0.25, -0.2) is 0 Å². The smallest absolute Gasteiger partial charge is 0.314 e.